The quantitative estimate of drug-likeness (QED) is 0.798. The maximum atomic E-state index is 6.32. The molecule has 5 heteroatoms. The van der Waals surface area contributed by atoms with Gasteiger partial charge in [0.25, 0.3) is 0 Å². The highest BCUT2D eigenvalue weighted by Crippen LogP contribution is 2.30. The number of hydrogen-bond acceptors (Lipinski definition) is 4. The number of aromatic nitrogens is 2. The third-order valence-electron chi connectivity index (χ3n) is 5.24. The monoisotopic (exact) mass is 322 g/mol. The average Bonchev–Trinajstić information content (AvgIpc) is 2.93. The van der Waals surface area contributed by atoms with E-state index < -0.39 is 0 Å². The zero-order chi connectivity index (χ0) is 15.7. The van der Waals surface area contributed by atoms with Crippen molar-refractivity contribution in [3.05, 3.63) is 16.5 Å². The van der Waals surface area contributed by atoms with Gasteiger partial charge in [-0.15, -0.1) is 0 Å². The second kappa shape index (κ2) is 6.71. The topological polar surface area (TPSA) is 32.3 Å². The van der Waals surface area contributed by atoms with E-state index in [1.165, 1.54) is 32.2 Å². The minimum Gasteiger partial charge on any atom is -0.356 e. The molecule has 2 aliphatic heterocycles. The molecule has 3 rings (SSSR count). The normalized spacial score (nSPS) is 24.2. The Morgan fingerprint density at radius 3 is 2.45 bits per heavy atom. The molecule has 1 aromatic rings. The molecule has 0 spiro atoms. The molecule has 0 bridgehead atoms. The predicted molar refractivity (Wildman–Crippen MR) is 91.8 cm³/mol. The van der Waals surface area contributed by atoms with Crippen LogP contribution >= 0.6 is 11.6 Å². The van der Waals surface area contributed by atoms with Crippen molar-refractivity contribution < 1.29 is 0 Å². The Morgan fingerprint density at radius 1 is 1.14 bits per heavy atom. The van der Waals surface area contributed by atoms with Gasteiger partial charge < -0.3 is 4.90 Å². The van der Waals surface area contributed by atoms with E-state index in [0.29, 0.717) is 5.15 Å². The number of halogens is 1. The van der Waals surface area contributed by atoms with E-state index in [9.17, 15) is 0 Å². The largest absolute Gasteiger partial charge is 0.356 e. The van der Waals surface area contributed by atoms with Crippen molar-refractivity contribution in [3.8, 4) is 0 Å². The summed E-state index contributed by atoms with van der Waals surface area (Å²) in [4.78, 5) is 14.1. The summed E-state index contributed by atoms with van der Waals surface area (Å²) in [5.41, 5.74) is 1.10. The molecule has 0 N–H and O–H groups in total. The molecular formula is C17H27ClN4. The zero-order valence-electron chi connectivity index (χ0n) is 14.0. The summed E-state index contributed by atoms with van der Waals surface area (Å²) in [6.07, 6.45) is 6.07. The highest BCUT2D eigenvalue weighted by atomic mass is 35.5. The van der Waals surface area contributed by atoms with E-state index in [2.05, 4.69) is 33.6 Å². The van der Waals surface area contributed by atoms with Crippen LogP contribution in [0.15, 0.2) is 0 Å². The first kappa shape index (κ1) is 16.0. The number of hydrogen-bond donors (Lipinski definition) is 0. The summed E-state index contributed by atoms with van der Waals surface area (Å²) in [5.74, 6) is 1.83. The number of piperidine rings is 1. The molecule has 2 fully saturated rings. The van der Waals surface area contributed by atoms with Gasteiger partial charge in [-0.05, 0) is 52.5 Å². The van der Waals surface area contributed by atoms with Gasteiger partial charge in [0, 0.05) is 30.7 Å². The van der Waals surface area contributed by atoms with Gasteiger partial charge in [-0.2, -0.15) is 0 Å². The Bertz CT molecular complexity index is 526. The highest BCUT2D eigenvalue weighted by molar-refractivity contribution is 6.30. The van der Waals surface area contributed by atoms with Crippen LogP contribution in [0, 0.1) is 6.92 Å². The predicted octanol–water partition coefficient (Wildman–Crippen LogP) is 3.45. The molecule has 22 heavy (non-hydrogen) atoms. The molecule has 2 aliphatic rings. The smallest absolute Gasteiger partial charge is 0.138 e. The van der Waals surface area contributed by atoms with Crippen molar-refractivity contribution in [1.82, 2.24) is 14.9 Å². The Kier molecular flexibility index (Phi) is 4.88. The number of aryl methyl sites for hydroxylation is 1. The maximum absolute atomic E-state index is 6.32. The molecule has 2 saturated heterocycles. The molecule has 0 saturated carbocycles. The Labute approximate surface area is 138 Å². The summed E-state index contributed by atoms with van der Waals surface area (Å²) in [5, 5.41) is 0.625. The van der Waals surface area contributed by atoms with Crippen molar-refractivity contribution >= 4 is 17.4 Å². The van der Waals surface area contributed by atoms with Gasteiger partial charge in [0.1, 0.15) is 16.8 Å². The van der Waals surface area contributed by atoms with Crippen molar-refractivity contribution in [2.24, 2.45) is 0 Å². The van der Waals surface area contributed by atoms with Crippen LogP contribution in [0.4, 0.5) is 5.82 Å². The van der Waals surface area contributed by atoms with E-state index in [0.717, 1.165) is 48.8 Å². The van der Waals surface area contributed by atoms with Gasteiger partial charge >= 0.3 is 0 Å². The third kappa shape index (κ3) is 3.09. The molecule has 1 atom stereocenters. The summed E-state index contributed by atoms with van der Waals surface area (Å²) in [7, 11) is 0. The van der Waals surface area contributed by atoms with Crippen LogP contribution < -0.4 is 4.90 Å². The van der Waals surface area contributed by atoms with Crippen LogP contribution in [0.3, 0.4) is 0 Å². The number of anilines is 1. The van der Waals surface area contributed by atoms with Crippen LogP contribution in [-0.4, -0.2) is 46.6 Å². The number of likely N-dealkylation sites (tertiary alicyclic amines) is 1. The lowest BCUT2D eigenvalue weighted by molar-refractivity contribution is 0.163. The SMILES string of the molecule is CCc1c(Cl)nc(C)nc1N1CCC(N2CCCC2C)CC1. The highest BCUT2D eigenvalue weighted by Gasteiger charge is 2.31. The zero-order valence-corrected chi connectivity index (χ0v) is 14.7. The second-order valence-corrected chi connectivity index (χ2v) is 7.02. The van der Waals surface area contributed by atoms with Gasteiger partial charge in [0.05, 0.1) is 0 Å². The van der Waals surface area contributed by atoms with Gasteiger partial charge in [-0.25, -0.2) is 9.97 Å². The molecule has 122 valence electrons. The van der Waals surface area contributed by atoms with Crippen molar-refractivity contribution in [2.75, 3.05) is 24.5 Å². The molecule has 3 heterocycles. The van der Waals surface area contributed by atoms with Crippen molar-refractivity contribution in [1.29, 1.82) is 0 Å². The lowest BCUT2D eigenvalue weighted by atomic mass is 10.0. The first-order valence-electron chi connectivity index (χ1n) is 8.63. The van der Waals surface area contributed by atoms with Crippen LogP contribution in [-0.2, 0) is 6.42 Å². The molecule has 4 nitrogen and oxygen atoms in total. The Balaban J connectivity index is 1.71. The van der Waals surface area contributed by atoms with Gasteiger partial charge in [0.2, 0.25) is 0 Å². The van der Waals surface area contributed by atoms with E-state index >= 15 is 0 Å². The molecule has 1 unspecified atom stereocenters. The van der Waals surface area contributed by atoms with Gasteiger partial charge in [-0.1, -0.05) is 18.5 Å². The van der Waals surface area contributed by atoms with Crippen LogP contribution in [0.2, 0.25) is 5.15 Å². The molecule has 0 aromatic carbocycles. The fourth-order valence-corrected chi connectivity index (χ4v) is 4.36. The summed E-state index contributed by atoms with van der Waals surface area (Å²) in [6.45, 7) is 9.86. The van der Waals surface area contributed by atoms with Crippen LogP contribution in [0.5, 0.6) is 0 Å². The van der Waals surface area contributed by atoms with E-state index in [1.54, 1.807) is 0 Å². The lowest BCUT2D eigenvalue weighted by Crippen LogP contribution is -2.46. The number of nitrogens with zero attached hydrogens (tertiary/aromatic N) is 4. The first-order chi connectivity index (χ1) is 10.6. The van der Waals surface area contributed by atoms with Gasteiger partial charge in [-0.3, -0.25) is 4.90 Å². The average molecular weight is 323 g/mol. The second-order valence-electron chi connectivity index (χ2n) is 6.66. The van der Waals surface area contributed by atoms with E-state index in [-0.39, 0.29) is 0 Å². The van der Waals surface area contributed by atoms with Crippen LogP contribution in [0.25, 0.3) is 0 Å². The molecule has 1 aromatic heterocycles. The molecule has 0 amide bonds. The summed E-state index contributed by atoms with van der Waals surface area (Å²) in [6, 6.07) is 1.51. The van der Waals surface area contributed by atoms with Crippen LogP contribution in [0.1, 0.15) is 50.9 Å². The fourth-order valence-electron chi connectivity index (χ4n) is 4.02. The summed E-state index contributed by atoms with van der Waals surface area (Å²) < 4.78 is 0. The number of rotatable bonds is 3. The lowest BCUT2D eigenvalue weighted by Gasteiger charge is -2.39. The summed E-state index contributed by atoms with van der Waals surface area (Å²) >= 11 is 6.32. The van der Waals surface area contributed by atoms with E-state index in [1.807, 2.05) is 6.92 Å². The Morgan fingerprint density at radius 2 is 1.86 bits per heavy atom. The van der Waals surface area contributed by atoms with Gasteiger partial charge in [0.15, 0.2) is 0 Å². The standard InChI is InChI=1S/C17H27ClN4/c1-4-15-16(18)19-13(3)20-17(15)21-10-7-14(8-11-21)22-9-5-6-12(22)2/h12,14H,4-11H2,1-3H3. The van der Waals surface area contributed by atoms with Crippen molar-refractivity contribution in [2.45, 2.75) is 65.0 Å². The molecule has 0 aliphatic carbocycles. The minimum atomic E-state index is 0.625. The third-order valence-corrected chi connectivity index (χ3v) is 5.55. The maximum Gasteiger partial charge on any atom is 0.138 e. The minimum absolute atomic E-state index is 0.625. The fraction of sp³-hybridized carbons (Fsp3) is 0.765. The first-order valence-corrected chi connectivity index (χ1v) is 9.01. The van der Waals surface area contributed by atoms with E-state index in [4.69, 9.17) is 11.6 Å². The Hall–Kier alpha value is -0.870. The molecular weight excluding hydrogens is 296 g/mol. The van der Waals surface area contributed by atoms with Crippen molar-refractivity contribution in [3.63, 3.8) is 0 Å². The molecule has 0 radical (unpaired) electrons.